The third-order valence-corrected chi connectivity index (χ3v) is 4.20. The van der Waals surface area contributed by atoms with E-state index in [-0.39, 0.29) is 24.2 Å². The molecule has 0 aromatic carbocycles. The molecule has 1 saturated heterocycles. The number of aliphatic hydroxyl groups excluding tert-OH is 1. The monoisotopic (exact) mass is 270 g/mol. The highest BCUT2D eigenvalue weighted by Gasteiger charge is 2.27. The summed E-state index contributed by atoms with van der Waals surface area (Å²) in [5, 5.41) is 12.7. The molecule has 1 aliphatic rings. The van der Waals surface area contributed by atoms with Crippen molar-refractivity contribution in [3.63, 3.8) is 0 Å². The van der Waals surface area contributed by atoms with Gasteiger partial charge in [0.05, 0.1) is 0 Å². The molecule has 1 amide bonds. The van der Waals surface area contributed by atoms with Crippen LogP contribution in [-0.4, -0.2) is 47.6 Å². The number of piperidine rings is 1. The predicted molar refractivity (Wildman–Crippen MR) is 71.8 cm³/mol. The van der Waals surface area contributed by atoms with Crippen LogP contribution in [0.25, 0.3) is 0 Å². The van der Waals surface area contributed by atoms with Gasteiger partial charge in [0.25, 0.3) is 5.91 Å². The number of hydrogen-bond acceptors (Lipinski definition) is 6. The fourth-order valence-corrected chi connectivity index (χ4v) is 2.94. The molecule has 100 valence electrons. The minimum atomic E-state index is -0.0790. The molecule has 7 heteroatoms. The Hall–Kier alpha value is -1.34. The van der Waals surface area contributed by atoms with E-state index >= 15 is 0 Å². The highest BCUT2D eigenvalue weighted by molar-refractivity contribution is 7.18. The number of aliphatic hydroxyl groups is 1. The molecule has 0 bridgehead atoms. The van der Waals surface area contributed by atoms with Crippen LogP contribution in [0.15, 0.2) is 0 Å². The van der Waals surface area contributed by atoms with E-state index in [9.17, 15) is 9.90 Å². The molecule has 1 aromatic heterocycles. The van der Waals surface area contributed by atoms with E-state index in [1.54, 1.807) is 11.9 Å². The van der Waals surface area contributed by atoms with Crippen molar-refractivity contribution in [3.05, 3.63) is 4.88 Å². The summed E-state index contributed by atoms with van der Waals surface area (Å²) in [4.78, 5) is 18.6. The zero-order valence-corrected chi connectivity index (χ0v) is 11.2. The van der Waals surface area contributed by atoms with Gasteiger partial charge in [-0.3, -0.25) is 4.79 Å². The third-order valence-electron chi connectivity index (χ3n) is 3.13. The number of thiazole rings is 1. The van der Waals surface area contributed by atoms with E-state index in [4.69, 9.17) is 5.73 Å². The summed E-state index contributed by atoms with van der Waals surface area (Å²) in [5.74, 6) is 0.380. The van der Waals surface area contributed by atoms with E-state index < -0.39 is 0 Å². The van der Waals surface area contributed by atoms with Gasteiger partial charge < -0.3 is 21.1 Å². The lowest BCUT2D eigenvalue weighted by Crippen LogP contribution is -2.40. The first-order valence-corrected chi connectivity index (χ1v) is 6.81. The quantitative estimate of drug-likeness (QED) is 0.748. The number of likely N-dealkylation sites (tertiary alicyclic amines) is 1. The number of nitrogens with one attached hydrogen (secondary N) is 1. The topological polar surface area (TPSA) is 91.5 Å². The van der Waals surface area contributed by atoms with Gasteiger partial charge in [-0.2, -0.15) is 0 Å². The lowest BCUT2D eigenvalue weighted by molar-refractivity contribution is 0.0626. The van der Waals surface area contributed by atoms with Gasteiger partial charge in [0, 0.05) is 26.7 Å². The molecule has 4 N–H and O–H groups in total. The van der Waals surface area contributed by atoms with Crippen molar-refractivity contribution in [1.29, 1.82) is 0 Å². The average molecular weight is 270 g/mol. The van der Waals surface area contributed by atoms with E-state index in [0.29, 0.717) is 16.6 Å². The fraction of sp³-hybridized carbons (Fsp3) is 0.636. The third kappa shape index (κ3) is 2.56. The van der Waals surface area contributed by atoms with Crippen LogP contribution >= 0.6 is 11.3 Å². The van der Waals surface area contributed by atoms with E-state index in [1.807, 2.05) is 0 Å². The second-order valence-electron chi connectivity index (χ2n) is 4.43. The van der Waals surface area contributed by atoms with Gasteiger partial charge in [-0.1, -0.05) is 11.3 Å². The number of carbonyl (C=O) groups is 1. The molecule has 18 heavy (non-hydrogen) atoms. The van der Waals surface area contributed by atoms with Crippen molar-refractivity contribution < 1.29 is 9.90 Å². The van der Waals surface area contributed by atoms with Gasteiger partial charge in [0.1, 0.15) is 10.7 Å². The van der Waals surface area contributed by atoms with Crippen molar-refractivity contribution in [3.8, 4) is 0 Å². The Kier molecular flexibility index (Phi) is 4.03. The zero-order chi connectivity index (χ0) is 13.1. The van der Waals surface area contributed by atoms with E-state index in [0.717, 1.165) is 19.4 Å². The van der Waals surface area contributed by atoms with Crippen LogP contribution in [0.2, 0.25) is 0 Å². The van der Waals surface area contributed by atoms with Gasteiger partial charge in [-0.05, 0) is 18.8 Å². The second kappa shape index (κ2) is 5.53. The van der Waals surface area contributed by atoms with Gasteiger partial charge in [0.15, 0.2) is 5.13 Å². The van der Waals surface area contributed by atoms with Crippen LogP contribution in [-0.2, 0) is 0 Å². The lowest BCUT2D eigenvalue weighted by atomic mass is 9.99. The smallest absolute Gasteiger partial charge is 0.267 e. The normalized spacial score (nSPS) is 19.9. The van der Waals surface area contributed by atoms with Crippen LogP contribution in [0.4, 0.5) is 10.9 Å². The SMILES string of the molecule is CNc1nc(N)c(C(=O)N2CCCC(CO)C2)s1. The first kappa shape index (κ1) is 13.1. The average Bonchev–Trinajstić information content (AvgIpc) is 2.79. The Labute approximate surface area is 110 Å². The number of rotatable bonds is 3. The Morgan fingerprint density at radius 2 is 2.50 bits per heavy atom. The first-order chi connectivity index (χ1) is 8.65. The second-order valence-corrected chi connectivity index (χ2v) is 5.42. The number of nitrogens with zero attached hydrogens (tertiary/aromatic N) is 2. The maximum Gasteiger partial charge on any atom is 0.267 e. The van der Waals surface area contributed by atoms with Crippen LogP contribution < -0.4 is 11.1 Å². The number of hydrogen-bond donors (Lipinski definition) is 3. The number of nitrogen functional groups attached to an aromatic ring is 1. The standard InChI is InChI=1S/C11H18N4O2S/c1-13-11-14-9(12)8(18-11)10(17)15-4-2-3-7(5-15)6-16/h7,16H,2-6,12H2,1H3,(H,13,14). The summed E-state index contributed by atoms with van der Waals surface area (Å²) < 4.78 is 0. The molecule has 1 atom stereocenters. The van der Waals surface area contributed by atoms with Crippen LogP contribution in [0.5, 0.6) is 0 Å². The van der Waals surface area contributed by atoms with Crippen LogP contribution in [0.1, 0.15) is 22.5 Å². The lowest BCUT2D eigenvalue weighted by Gasteiger charge is -2.31. The van der Waals surface area contributed by atoms with Gasteiger partial charge >= 0.3 is 0 Å². The Balaban J connectivity index is 2.12. The van der Waals surface area contributed by atoms with Crippen LogP contribution in [0, 0.1) is 5.92 Å². The summed E-state index contributed by atoms with van der Waals surface area (Å²) in [7, 11) is 1.75. The van der Waals surface area contributed by atoms with E-state index in [2.05, 4.69) is 10.3 Å². The molecule has 0 aliphatic carbocycles. The molecule has 6 nitrogen and oxygen atoms in total. The maximum atomic E-state index is 12.3. The predicted octanol–water partition coefficient (Wildman–Crippen LogP) is 0.611. The van der Waals surface area contributed by atoms with Crippen molar-refractivity contribution in [1.82, 2.24) is 9.88 Å². The highest BCUT2D eigenvalue weighted by atomic mass is 32.1. The van der Waals surface area contributed by atoms with Gasteiger partial charge in [0.2, 0.25) is 0 Å². The number of aromatic nitrogens is 1. The van der Waals surface area contributed by atoms with Gasteiger partial charge in [-0.25, -0.2) is 4.98 Å². The van der Waals surface area contributed by atoms with Crippen molar-refractivity contribution in [2.75, 3.05) is 37.8 Å². The molecule has 2 heterocycles. The Morgan fingerprint density at radius 1 is 1.72 bits per heavy atom. The number of nitrogens with two attached hydrogens (primary N) is 1. The summed E-state index contributed by atoms with van der Waals surface area (Å²) in [6, 6.07) is 0. The largest absolute Gasteiger partial charge is 0.396 e. The van der Waals surface area contributed by atoms with Crippen molar-refractivity contribution >= 4 is 28.2 Å². The first-order valence-electron chi connectivity index (χ1n) is 6.00. The molecular formula is C11H18N4O2S. The molecule has 1 aliphatic heterocycles. The molecule has 1 fully saturated rings. The molecule has 1 unspecified atom stereocenters. The molecule has 0 saturated carbocycles. The number of anilines is 2. The zero-order valence-electron chi connectivity index (χ0n) is 10.3. The van der Waals surface area contributed by atoms with Crippen molar-refractivity contribution in [2.45, 2.75) is 12.8 Å². The van der Waals surface area contributed by atoms with Crippen LogP contribution in [0.3, 0.4) is 0 Å². The van der Waals surface area contributed by atoms with E-state index in [1.165, 1.54) is 11.3 Å². The number of carbonyl (C=O) groups excluding carboxylic acids is 1. The summed E-state index contributed by atoms with van der Waals surface area (Å²) in [5.41, 5.74) is 5.75. The molecular weight excluding hydrogens is 252 g/mol. The summed E-state index contributed by atoms with van der Waals surface area (Å²) in [6.45, 7) is 1.45. The van der Waals surface area contributed by atoms with Crippen molar-refractivity contribution in [2.24, 2.45) is 5.92 Å². The minimum Gasteiger partial charge on any atom is -0.396 e. The Morgan fingerprint density at radius 3 is 3.11 bits per heavy atom. The Bertz CT molecular complexity index is 435. The number of amides is 1. The fourth-order valence-electron chi connectivity index (χ4n) is 2.13. The molecule has 0 spiro atoms. The minimum absolute atomic E-state index is 0.0790. The summed E-state index contributed by atoms with van der Waals surface area (Å²) in [6.07, 6.45) is 1.90. The molecule has 1 aromatic rings. The maximum absolute atomic E-state index is 12.3. The van der Waals surface area contributed by atoms with Gasteiger partial charge in [-0.15, -0.1) is 0 Å². The summed E-state index contributed by atoms with van der Waals surface area (Å²) >= 11 is 1.27. The molecule has 0 radical (unpaired) electrons. The highest BCUT2D eigenvalue weighted by Crippen LogP contribution is 2.27. The molecule has 2 rings (SSSR count).